The Morgan fingerprint density at radius 1 is 1.40 bits per heavy atom. The van der Waals surface area contributed by atoms with E-state index in [2.05, 4.69) is 39.0 Å². The molecule has 1 saturated carbocycles. The molecule has 1 fully saturated rings. The first-order valence-electron chi connectivity index (χ1n) is 7.29. The van der Waals surface area contributed by atoms with Crippen LogP contribution in [0.1, 0.15) is 36.6 Å². The highest BCUT2D eigenvalue weighted by Crippen LogP contribution is 2.31. The van der Waals surface area contributed by atoms with Crippen LogP contribution in [0.3, 0.4) is 0 Å². The van der Waals surface area contributed by atoms with Gasteiger partial charge in [0.25, 0.3) is 0 Å². The van der Waals surface area contributed by atoms with E-state index in [1.54, 1.807) is 22.7 Å². The third-order valence-corrected chi connectivity index (χ3v) is 5.14. The Balaban J connectivity index is 1.59. The van der Waals surface area contributed by atoms with Gasteiger partial charge in [0.15, 0.2) is 5.13 Å². The van der Waals surface area contributed by atoms with Crippen molar-refractivity contribution in [1.29, 1.82) is 0 Å². The lowest BCUT2D eigenvalue weighted by Gasteiger charge is -2.20. The lowest BCUT2D eigenvalue weighted by Crippen LogP contribution is -2.24. The lowest BCUT2D eigenvalue weighted by atomic mass is 10.3. The molecule has 0 spiro atoms. The summed E-state index contributed by atoms with van der Waals surface area (Å²) < 4.78 is 0. The Kier molecular flexibility index (Phi) is 4.70. The molecule has 1 aliphatic carbocycles. The van der Waals surface area contributed by atoms with Gasteiger partial charge in [0, 0.05) is 36.8 Å². The van der Waals surface area contributed by atoms with Gasteiger partial charge >= 0.3 is 0 Å². The molecule has 1 aliphatic rings. The van der Waals surface area contributed by atoms with Gasteiger partial charge in [0.1, 0.15) is 0 Å². The Bertz CT molecular complexity index is 517. The van der Waals surface area contributed by atoms with Gasteiger partial charge in [0.2, 0.25) is 0 Å². The van der Waals surface area contributed by atoms with Crippen molar-refractivity contribution in [2.24, 2.45) is 0 Å². The largest absolute Gasteiger partial charge is 0.362 e. The van der Waals surface area contributed by atoms with Crippen LogP contribution in [0.4, 0.5) is 5.13 Å². The number of thiophene rings is 1. The quantitative estimate of drug-likeness (QED) is 0.792. The van der Waals surface area contributed by atoms with Crippen LogP contribution in [0.25, 0.3) is 0 Å². The maximum Gasteiger partial charge on any atom is 0.182 e. The van der Waals surface area contributed by atoms with E-state index in [9.17, 15) is 0 Å². The smallest absolute Gasteiger partial charge is 0.182 e. The maximum atomic E-state index is 4.47. The van der Waals surface area contributed by atoms with Gasteiger partial charge in [-0.15, -0.1) is 11.3 Å². The Morgan fingerprint density at radius 2 is 2.30 bits per heavy atom. The van der Waals surface area contributed by atoms with Crippen molar-refractivity contribution in [3.8, 4) is 0 Å². The standard InChI is InChI=1S/C15H21N3S2/c1-2-6-16-15-17-8-14(20-15)10-18(13-3-4-13)9-12-5-7-19-11-12/h5,7-8,11,13H,2-4,6,9-10H2,1H3,(H,16,17). The van der Waals surface area contributed by atoms with Crippen LogP contribution in [0, 0.1) is 0 Å². The fraction of sp³-hybridized carbons (Fsp3) is 0.533. The summed E-state index contributed by atoms with van der Waals surface area (Å²) in [5.74, 6) is 0. The van der Waals surface area contributed by atoms with Crippen molar-refractivity contribution in [2.45, 2.75) is 45.3 Å². The van der Waals surface area contributed by atoms with E-state index < -0.39 is 0 Å². The molecule has 0 amide bonds. The van der Waals surface area contributed by atoms with Crippen LogP contribution in [0.2, 0.25) is 0 Å². The Morgan fingerprint density at radius 3 is 3.00 bits per heavy atom. The highest BCUT2D eigenvalue weighted by atomic mass is 32.1. The van der Waals surface area contributed by atoms with E-state index in [0.717, 1.165) is 37.2 Å². The first-order valence-corrected chi connectivity index (χ1v) is 9.05. The third-order valence-electron chi connectivity index (χ3n) is 3.47. The van der Waals surface area contributed by atoms with E-state index in [4.69, 9.17) is 0 Å². The van der Waals surface area contributed by atoms with Crippen molar-refractivity contribution in [3.63, 3.8) is 0 Å². The minimum Gasteiger partial charge on any atom is -0.362 e. The second-order valence-electron chi connectivity index (χ2n) is 5.33. The van der Waals surface area contributed by atoms with E-state index in [1.165, 1.54) is 23.3 Å². The molecule has 1 N–H and O–H groups in total. The summed E-state index contributed by atoms with van der Waals surface area (Å²) in [5, 5.41) is 8.86. The summed E-state index contributed by atoms with van der Waals surface area (Å²) in [6.45, 7) is 5.29. The summed E-state index contributed by atoms with van der Waals surface area (Å²) in [6.07, 6.45) is 5.88. The summed E-state index contributed by atoms with van der Waals surface area (Å²) in [5.41, 5.74) is 1.44. The third kappa shape index (κ3) is 3.81. The summed E-state index contributed by atoms with van der Waals surface area (Å²) in [4.78, 5) is 8.43. The monoisotopic (exact) mass is 307 g/mol. The highest BCUT2D eigenvalue weighted by molar-refractivity contribution is 7.15. The molecule has 2 aromatic rings. The Hall–Kier alpha value is -0.910. The maximum absolute atomic E-state index is 4.47. The molecular formula is C15H21N3S2. The highest BCUT2D eigenvalue weighted by Gasteiger charge is 2.29. The van der Waals surface area contributed by atoms with Crippen LogP contribution in [-0.4, -0.2) is 22.5 Å². The SMILES string of the molecule is CCCNc1ncc(CN(Cc2ccsc2)C2CC2)s1. The predicted octanol–water partition coefficient (Wildman–Crippen LogP) is 4.19. The van der Waals surface area contributed by atoms with Crippen LogP contribution in [0.5, 0.6) is 0 Å². The summed E-state index contributed by atoms with van der Waals surface area (Å²) in [7, 11) is 0. The van der Waals surface area contributed by atoms with E-state index in [0.29, 0.717) is 0 Å². The van der Waals surface area contributed by atoms with Crippen LogP contribution in [-0.2, 0) is 13.1 Å². The molecule has 108 valence electrons. The van der Waals surface area contributed by atoms with Crippen molar-refractivity contribution < 1.29 is 0 Å². The second kappa shape index (κ2) is 6.70. The molecule has 3 nitrogen and oxygen atoms in total. The van der Waals surface area contributed by atoms with Gasteiger partial charge < -0.3 is 5.32 Å². The number of anilines is 1. The van der Waals surface area contributed by atoms with E-state index >= 15 is 0 Å². The second-order valence-corrected chi connectivity index (χ2v) is 7.22. The molecule has 0 atom stereocenters. The van der Waals surface area contributed by atoms with Gasteiger partial charge in [-0.2, -0.15) is 11.3 Å². The molecule has 0 aromatic carbocycles. The number of nitrogens with zero attached hydrogens (tertiary/aromatic N) is 2. The average molecular weight is 307 g/mol. The van der Waals surface area contributed by atoms with Gasteiger partial charge in [-0.1, -0.05) is 6.92 Å². The number of aromatic nitrogens is 1. The minimum absolute atomic E-state index is 0.782. The molecule has 0 aliphatic heterocycles. The van der Waals surface area contributed by atoms with E-state index in [1.807, 2.05) is 6.20 Å². The zero-order valence-electron chi connectivity index (χ0n) is 11.8. The number of hydrogen-bond acceptors (Lipinski definition) is 5. The van der Waals surface area contributed by atoms with Gasteiger partial charge in [-0.3, -0.25) is 4.90 Å². The fourth-order valence-electron chi connectivity index (χ4n) is 2.27. The number of thiazole rings is 1. The van der Waals surface area contributed by atoms with Crippen LogP contribution >= 0.6 is 22.7 Å². The molecule has 2 aromatic heterocycles. The van der Waals surface area contributed by atoms with Crippen molar-refractivity contribution >= 4 is 27.8 Å². The van der Waals surface area contributed by atoms with E-state index in [-0.39, 0.29) is 0 Å². The van der Waals surface area contributed by atoms with Crippen molar-refractivity contribution in [1.82, 2.24) is 9.88 Å². The molecular weight excluding hydrogens is 286 g/mol. The zero-order valence-corrected chi connectivity index (χ0v) is 13.5. The first-order chi connectivity index (χ1) is 9.85. The van der Waals surface area contributed by atoms with Crippen LogP contribution in [0.15, 0.2) is 23.0 Å². The van der Waals surface area contributed by atoms with Gasteiger partial charge in [-0.25, -0.2) is 4.98 Å². The Labute approximate surface area is 128 Å². The zero-order chi connectivity index (χ0) is 13.8. The molecule has 0 saturated heterocycles. The normalized spacial score (nSPS) is 14.9. The van der Waals surface area contributed by atoms with Crippen LogP contribution < -0.4 is 5.32 Å². The topological polar surface area (TPSA) is 28.2 Å². The van der Waals surface area contributed by atoms with Crippen molar-refractivity contribution in [2.75, 3.05) is 11.9 Å². The fourth-order valence-corrected chi connectivity index (χ4v) is 3.79. The molecule has 0 radical (unpaired) electrons. The minimum atomic E-state index is 0.782. The molecule has 2 heterocycles. The first kappa shape index (κ1) is 14.0. The van der Waals surface area contributed by atoms with Crippen molar-refractivity contribution in [3.05, 3.63) is 33.5 Å². The average Bonchev–Trinajstić information content (AvgIpc) is 3.00. The van der Waals surface area contributed by atoms with Gasteiger partial charge in [0.05, 0.1) is 0 Å². The number of hydrogen-bond donors (Lipinski definition) is 1. The summed E-state index contributed by atoms with van der Waals surface area (Å²) >= 11 is 3.58. The molecule has 0 unspecified atom stereocenters. The predicted molar refractivity (Wildman–Crippen MR) is 87.5 cm³/mol. The number of rotatable bonds is 8. The number of nitrogens with one attached hydrogen (secondary N) is 1. The molecule has 5 heteroatoms. The lowest BCUT2D eigenvalue weighted by molar-refractivity contribution is 0.248. The summed E-state index contributed by atoms with van der Waals surface area (Å²) in [6, 6.07) is 3.02. The molecule has 0 bridgehead atoms. The van der Waals surface area contributed by atoms with Gasteiger partial charge in [-0.05, 0) is 41.7 Å². The molecule has 20 heavy (non-hydrogen) atoms. The molecule has 3 rings (SSSR count).